The molecule has 0 saturated carbocycles. The Morgan fingerprint density at radius 3 is 2.29 bits per heavy atom. The van der Waals surface area contributed by atoms with Crippen molar-refractivity contribution in [3.05, 3.63) is 40.4 Å². The second-order valence-corrected chi connectivity index (χ2v) is 5.08. The summed E-state index contributed by atoms with van der Waals surface area (Å²) in [7, 11) is -3.88. The van der Waals surface area contributed by atoms with E-state index in [1.807, 2.05) is 0 Å². The minimum Gasteiger partial charge on any atom is -0.266 e. The fraction of sp³-hybridized carbons (Fsp3) is 0.222. The van der Waals surface area contributed by atoms with E-state index in [1.54, 1.807) is 6.07 Å². The molecule has 0 fully saturated rings. The van der Waals surface area contributed by atoms with Gasteiger partial charge in [0.1, 0.15) is 0 Å². The topological polar surface area (TPSA) is 97.6 Å². The number of hydrogen-bond acceptors (Lipinski definition) is 5. The SMILES string of the molecule is CS(=O)(=O)N(C(=O)C[N+](=O)[O-])c1ccccc1. The van der Waals surface area contributed by atoms with Crippen molar-refractivity contribution in [3.63, 3.8) is 0 Å². The predicted octanol–water partition coefficient (Wildman–Crippen LogP) is 0.256. The van der Waals surface area contributed by atoms with Crippen LogP contribution in [0.1, 0.15) is 0 Å². The zero-order valence-electron chi connectivity index (χ0n) is 8.94. The van der Waals surface area contributed by atoms with E-state index in [9.17, 15) is 23.3 Å². The van der Waals surface area contributed by atoms with E-state index < -0.39 is 27.4 Å². The average Bonchev–Trinajstić information content (AvgIpc) is 2.15. The third-order valence-electron chi connectivity index (χ3n) is 1.81. The van der Waals surface area contributed by atoms with E-state index in [0.717, 1.165) is 6.26 Å². The van der Waals surface area contributed by atoms with Gasteiger partial charge in [0.25, 0.3) is 6.54 Å². The van der Waals surface area contributed by atoms with Crippen molar-refractivity contribution in [2.45, 2.75) is 0 Å². The third-order valence-corrected chi connectivity index (χ3v) is 2.89. The van der Waals surface area contributed by atoms with Gasteiger partial charge in [-0.2, -0.15) is 0 Å². The van der Waals surface area contributed by atoms with Crippen molar-refractivity contribution in [1.82, 2.24) is 0 Å². The number of benzene rings is 1. The molecule has 17 heavy (non-hydrogen) atoms. The van der Waals surface area contributed by atoms with Crippen LogP contribution in [0.2, 0.25) is 0 Å². The molecule has 0 bridgehead atoms. The number of nitrogens with zero attached hydrogens (tertiary/aromatic N) is 2. The minimum atomic E-state index is -3.88. The Bertz CT molecular complexity index is 526. The second-order valence-electron chi connectivity index (χ2n) is 3.25. The van der Waals surface area contributed by atoms with Crippen LogP contribution >= 0.6 is 0 Å². The van der Waals surface area contributed by atoms with E-state index in [1.165, 1.54) is 24.3 Å². The monoisotopic (exact) mass is 258 g/mol. The molecule has 0 spiro atoms. The molecule has 0 heterocycles. The standard InChI is InChI=1S/C9H10N2O5S/c1-17(15,16)11(9(12)7-10(13)14)8-5-3-2-4-6-8/h2-6H,7H2,1H3. The molecule has 0 aliphatic carbocycles. The van der Waals surface area contributed by atoms with E-state index in [0.29, 0.717) is 4.31 Å². The zero-order valence-corrected chi connectivity index (χ0v) is 9.75. The van der Waals surface area contributed by atoms with Gasteiger partial charge < -0.3 is 0 Å². The first-order valence-electron chi connectivity index (χ1n) is 4.52. The van der Waals surface area contributed by atoms with Crippen LogP contribution in [0.3, 0.4) is 0 Å². The first-order valence-corrected chi connectivity index (χ1v) is 6.37. The Morgan fingerprint density at radius 1 is 1.35 bits per heavy atom. The number of amides is 1. The number of nitro groups is 1. The third kappa shape index (κ3) is 3.52. The smallest absolute Gasteiger partial charge is 0.266 e. The van der Waals surface area contributed by atoms with Crippen molar-refractivity contribution in [1.29, 1.82) is 0 Å². The summed E-state index contributed by atoms with van der Waals surface area (Å²) in [5, 5.41) is 10.2. The maximum absolute atomic E-state index is 11.5. The van der Waals surface area contributed by atoms with Gasteiger partial charge in [0.2, 0.25) is 10.0 Å². The van der Waals surface area contributed by atoms with Crippen molar-refractivity contribution < 1.29 is 18.1 Å². The van der Waals surface area contributed by atoms with Crippen LogP contribution in [0, 0.1) is 10.1 Å². The van der Waals surface area contributed by atoms with E-state index in [4.69, 9.17) is 0 Å². The van der Waals surface area contributed by atoms with Crippen LogP contribution in [0.15, 0.2) is 30.3 Å². The maximum atomic E-state index is 11.5. The Kier molecular flexibility index (Phi) is 3.79. The molecule has 1 aromatic rings. The number of carbonyl (C=O) groups excluding carboxylic acids is 1. The van der Waals surface area contributed by atoms with Gasteiger partial charge in [-0.3, -0.25) is 14.9 Å². The molecule has 7 nitrogen and oxygen atoms in total. The quantitative estimate of drug-likeness (QED) is 0.569. The Labute approximate surface area is 97.9 Å². The van der Waals surface area contributed by atoms with Crippen molar-refractivity contribution in [3.8, 4) is 0 Å². The molecule has 0 N–H and O–H groups in total. The summed E-state index contributed by atoms with van der Waals surface area (Å²) in [6.45, 7) is -1.07. The van der Waals surface area contributed by atoms with Crippen LogP contribution in [-0.4, -0.2) is 32.0 Å². The average molecular weight is 258 g/mol. The molecule has 0 radical (unpaired) electrons. The highest BCUT2D eigenvalue weighted by atomic mass is 32.2. The van der Waals surface area contributed by atoms with Gasteiger partial charge in [-0.1, -0.05) is 18.2 Å². The summed E-state index contributed by atoms with van der Waals surface area (Å²) in [6.07, 6.45) is 0.817. The molecule has 1 amide bonds. The number of rotatable bonds is 4. The van der Waals surface area contributed by atoms with Crippen LogP contribution in [0.4, 0.5) is 5.69 Å². The molecule has 0 aliphatic rings. The highest BCUT2D eigenvalue weighted by Gasteiger charge is 2.28. The molecule has 0 atom stereocenters. The molecule has 1 aromatic carbocycles. The molecule has 0 aromatic heterocycles. The summed E-state index contributed by atoms with van der Waals surface area (Å²) in [4.78, 5) is 20.9. The van der Waals surface area contributed by atoms with Crippen LogP contribution < -0.4 is 4.31 Å². The van der Waals surface area contributed by atoms with Gasteiger partial charge in [-0.05, 0) is 12.1 Å². The Hall–Kier alpha value is -1.96. The van der Waals surface area contributed by atoms with Gasteiger partial charge in [-0.15, -0.1) is 0 Å². The fourth-order valence-electron chi connectivity index (χ4n) is 1.26. The van der Waals surface area contributed by atoms with Gasteiger partial charge in [0, 0.05) is 4.92 Å². The zero-order chi connectivity index (χ0) is 13.1. The predicted molar refractivity (Wildman–Crippen MR) is 60.6 cm³/mol. The van der Waals surface area contributed by atoms with Gasteiger partial charge in [-0.25, -0.2) is 12.7 Å². The number of carbonyl (C=O) groups is 1. The summed E-state index contributed by atoms with van der Waals surface area (Å²) in [5.41, 5.74) is 0.0850. The highest BCUT2D eigenvalue weighted by Crippen LogP contribution is 2.16. The second kappa shape index (κ2) is 4.91. The van der Waals surface area contributed by atoms with Gasteiger partial charge in [0.15, 0.2) is 0 Å². The van der Waals surface area contributed by atoms with Crippen LogP contribution in [0.5, 0.6) is 0 Å². The first kappa shape index (κ1) is 13.1. The number of anilines is 1. The molecule has 0 unspecified atom stereocenters. The van der Waals surface area contributed by atoms with Crippen molar-refractivity contribution >= 4 is 21.6 Å². The summed E-state index contributed by atoms with van der Waals surface area (Å²) >= 11 is 0. The van der Waals surface area contributed by atoms with Crippen molar-refractivity contribution in [2.75, 3.05) is 17.1 Å². The molecular weight excluding hydrogens is 248 g/mol. The molecule has 0 saturated heterocycles. The molecule has 8 heteroatoms. The Balaban J connectivity index is 3.15. The van der Waals surface area contributed by atoms with E-state index in [2.05, 4.69) is 0 Å². The molecule has 0 aliphatic heterocycles. The Morgan fingerprint density at radius 2 is 1.88 bits per heavy atom. The number of sulfonamides is 1. The lowest BCUT2D eigenvalue weighted by atomic mass is 10.3. The van der Waals surface area contributed by atoms with Crippen LogP contribution in [0.25, 0.3) is 0 Å². The fourth-order valence-corrected chi connectivity index (χ4v) is 2.19. The summed E-state index contributed by atoms with van der Waals surface area (Å²) < 4.78 is 23.3. The molecule has 1 rings (SSSR count). The first-order chi connectivity index (χ1) is 7.82. The molecule has 92 valence electrons. The highest BCUT2D eigenvalue weighted by molar-refractivity contribution is 7.92. The summed E-state index contributed by atoms with van der Waals surface area (Å²) in [6, 6.07) is 7.49. The number of para-hydroxylation sites is 1. The van der Waals surface area contributed by atoms with Gasteiger partial charge in [0.05, 0.1) is 11.9 Å². The lowest BCUT2D eigenvalue weighted by Gasteiger charge is -2.18. The summed E-state index contributed by atoms with van der Waals surface area (Å²) in [5.74, 6) is -1.09. The normalized spacial score (nSPS) is 10.9. The van der Waals surface area contributed by atoms with E-state index >= 15 is 0 Å². The lowest BCUT2D eigenvalue weighted by molar-refractivity contribution is -0.467. The van der Waals surface area contributed by atoms with E-state index in [-0.39, 0.29) is 5.69 Å². The van der Waals surface area contributed by atoms with Crippen LogP contribution in [-0.2, 0) is 14.8 Å². The molecular formula is C9H10N2O5S. The number of hydrogen-bond donors (Lipinski definition) is 0. The minimum absolute atomic E-state index is 0.0850. The van der Waals surface area contributed by atoms with Gasteiger partial charge >= 0.3 is 5.91 Å². The lowest BCUT2D eigenvalue weighted by Crippen LogP contribution is -2.39. The maximum Gasteiger partial charge on any atom is 0.312 e. The van der Waals surface area contributed by atoms with Crippen molar-refractivity contribution in [2.24, 2.45) is 0 Å². The largest absolute Gasteiger partial charge is 0.312 e.